The van der Waals surface area contributed by atoms with Gasteiger partial charge in [0.2, 0.25) is 0 Å². The second-order valence-electron chi connectivity index (χ2n) is 10.6. The molecule has 12 heteroatoms. The highest BCUT2D eigenvalue weighted by Crippen LogP contribution is 2.30. The number of esters is 1. The van der Waals surface area contributed by atoms with E-state index in [1.807, 2.05) is 27.7 Å². The number of nitrogens with two attached hydrogens (primary N) is 1. The Kier molecular flexibility index (Phi) is 17.0. The molecule has 42 heavy (non-hydrogen) atoms. The maximum absolute atomic E-state index is 12.6. The van der Waals surface area contributed by atoms with Crippen molar-refractivity contribution in [2.45, 2.75) is 111 Å². The predicted molar refractivity (Wildman–Crippen MR) is 153 cm³/mol. The highest BCUT2D eigenvalue weighted by atomic mass is 16.8. The van der Waals surface area contributed by atoms with E-state index in [9.17, 15) is 19.2 Å². The van der Waals surface area contributed by atoms with Crippen LogP contribution in [-0.2, 0) is 34.9 Å². The molecule has 0 bridgehead atoms. The van der Waals surface area contributed by atoms with Crippen LogP contribution in [0.3, 0.4) is 0 Å². The maximum Gasteiger partial charge on any atom is 0.514 e. The highest BCUT2D eigenvalue weighted by molar-refractivity contribution is 5.76. The molecule has 2 N–H and O–H groups in total. The number of benzene rings is 1. The van der Waals surface area contributed by atoms with Gasteiger partial charge in [0.1, 0.15) is 31.0 Å². The number of hydrogen-bond acceptors (Lipinski definition) is 12. The SMILES string of the molecule is CCCC(C)OC(=O)Oc1ccc(C[C@H](N)C(=O)O[C@@H](C)COC(=O)OCCC(C)C)cc1OC(=O)OC(C)CCC. The van der Waals surface area contributed by atoms with Crippen molar-refractivity contribution in [1.82, 2.24) is 0 Å². The van der Waals surface area contributed by atoms with Gasteiger partial charge in [0.15, 0.2) is 11.5 Å². The van der Waals surface area contributed by atoms with Crippen molar-refractivity contribution in [1.29, 1.82) is 0 Å². The fraction of sp³-hybridized carbons (Fsp3) is 0.667. The van der Waals surface area contributed by atoms with Crippen molar-refractivity contribution >= 4 is 24.4 Å². The Balaban J connectivity index is 2.85. The van der Waals surface area contributed by atoms with Gasteiger partial charge in [-0.25, -0.2) is 14.4 Å². The third-order valence-electron chi connectivity index (χ3n) is 5.81. The topological polar surface area (TPSA) is 159 Å². The monoisotopic (exact) mass is 597 g/mol. The van der Waals surface area contributed by atoms with E-state index < -0.39 is 36.6 Å². The number of carbonyl (C=O) groups excluding carboxylic acids is 4. The largest absolute Gasteiger partial charge is 0.514 e. The summed E-state index contributed by atoms with van der Waals surface area (Å²) in [6.45, 7) is 13.0. The van der Waals surface area contributed by atoms with Gasteiger partial charge in [-0.05, 0) is 70.1 Å². The van der Waals surface area contributed by atoms with Crippen LogP contribution in [0.5, 0.6) is 11.5 Å². The highest BCUT2D eigenvalue weighted by Gasteiger charge is 2.23. The van der Waals surface area contributed by atoms with Gasteiger partial charge in [-0.1, -0.05) is 46.6 Å². The summed E-state index contributed by atoms with van der Waals surface area (Å²) in [4.78, 5) is 48.9. The number of ether oxygens (including phenoxy) is 7. The molecule has 0 heterocycles. The zero-order valence-electron chi connectivity index (χ0n) is 25.8. The molecule has 0 saturated carbocycles. The lowest BCUT2D eigenvalue weighted by atomic mass is 10.1. The molecular formula is C30H47NO11. The summed E-state index contributed by atoms with van der Waals surface area (Å²) in [5.74, 6) is -0.539. The van der Waals surface area contributed by atoms with Crippen LogP contribution in [-0.4, -0.2) is 62.0 Å². The van der Waals surface area contributed by atoms with Gasteiger partial charge < -0.3 is 38.9 Å². The van der Waals surface area contributed by atoms with Crippen molar-refractivity contribution in [3.63, 3.8) is 0 Å². The zero-order valence-corrected chi connectivity index (χ0v) is 25.8. The van der Waals surface area contributed by atoms with Gasteiger partial charge in [0.05, 0.1) is 6.61 Å². The van der Waals surface area contributed by atoms with Crippen LogP contribution in [0, 0.1) is 5.92 Å². The van der Waals surface area contributed by atoms with E-state index in [0.29, 0.717) is 30.7 Å². The molecule has 1 aromatic carbocycles. The molecule has 238 valence electrons. The summed E-state index contributed by atoms with van der Waals surface area (Å²) in [6, 6.07) is 3.28. The predicted octanol–water partition coefficient (Wildman–Crippen LogP) is 6.10. The zero-order chi connectivity index (χ0) is 31.7. The van der Waals surface area contributed by atoms with Crippen molar-refractivity contribution in [2.75, 3.05) is 13.2 Å². The van der Waals surface area contributed by atoms with Gasteiger partial charge in [0.25, 0.3) is 0 Å². The molecule has 0 aliphatic rings. The first-order chi connectivity index (χ1) is 19.8. The molecule has 0 fully saturated rings. The van der Waals surface area contributed by atoms with Crippen LogP contribution in [0.1, 0.15) is 86.1 Å². The van der Waals surface area contributed by atoms with Gasteiger partial charge in [0, 0.05) is 0 Å². The summed E-state index contributed by atoms with van der Waals surface area (Å²) < 4.78 is 36.3. The molecule has 0 amide bonds. The molecule has 4 atom stereocenters. The first-order valence-corrected chi connectivity index (χ1v) is 14.5. The number of hydrogen-bond donors (Lipinski definition) is 1. The maximum atomic E-state index is 12.6. The number of carbonyl (C=O) groups is 4. The fourth-order valence-electron chi connectivity index (χ4n) is 3.59. The minimum absolute atomic E-state index is 0.000437. The molecule has 0 radical (unpaired) electrons. The van der Waals surface area contributed by atoms with Gasteiger partial charge in [-0.2, -0.15) is 0 Å². The number of rotatable bonds is 17. The molecule has 0 aliphatic heterocycles. The molecule has 0 saturated heterocycles. The van der Waals surface area contributed by atoms with Crippen LogP contribution >= 0.6 is 0 Å². The van der Waals surface area contributed by atoms with E-state index in [2.05, 4.69) is 0 Å². The fourth-order valence-corrected chi connectivity index (χ4v) is 3.59. The lowest BCUT2D eigenvalue weighted by Crippen LogP contribution is -2.37. The van der Waals surface area contributed by atoms with E-state index >= 15 is 0 Å². The standard InChI is InChI=1S/C30H47NO11/c1-8-10-20(5)39-29(34)41-25-13-12-23(17-26(25)42-30(35)40-21(6)11-9-2)16-24(31)27(32)38-22(7)18-37-28(33)36-15-14-19(3)4/h12-13,17,19-22,24H,8-11,14-16,18,31H2,1-7H3/t20?,21?,22-,24-/m0/s1. The van der Waals surface area contributed by atoms with E-state index in [-0.39, 0.29) is 43.3 Å². The van der Waals surface area contributed by atoms with E-state index in [4.69, 9.17) is 38.9 Å². The third kappa shape index (κ3) is 15.5. The van der Waals surface area contributed by atoms with Crippen LogP contribution in [0.25, 0.3) is 0 Å². The molecule has 0 spiro atoms. The average Bonchev–Trinajstić information content (AvgIpc) is 2.88. The minimum atomic E-state index is -1.10. The summed E-state index contributed by atoms with van der Waals surface area (Å²) in [5.41, 5.74) is 6.54. The first-order valence-electron chi connectivity index (χ1n) is 14.5. The second kappa shape index (κ2) is 19.6. The van der Waals surface area contributed by atoms with Crippen molar-refractivity contribution < 1.29 is 52.3 Å². The Hall–Kier alpha value is -3.54. The molecule has 2 unspecified atom stereocenters. The summed E-state index contributed by atoms with van der Waals surface area (Å²) in [5, 5.41) is 0. The smallest absolute Gasteiger partial charge is 0.458 e. The van der Waals surface area contributed by atoms with Crippen LogP contribution < -0.4 is 15.2 Å². The van der Waals surface area contributed by atoms with Gasteiger partial charge >= 0.3 is 24.4 Å². The molecule has 1 rings (SSSR count). The molecule has 0 aromatic heterocycles. The molecule has 1 aromatic rings. The van der Waals surface area contributed by atoms with E-state index in [1.54, 1.807) is 26.8 Å². The summed E-state index contributed by atoms with van der Waals surface area (Å²) in [7, 11) is 0. The first kappa shape index (κ1) is 36.5. The van der Waals surface area contributed by atoms with Gasteiger partial charge in [-0.3, -0.25) is 4.79 Å². The Morgan fingerprint density at radius 1 is 0.714 bits per heavy atom. The van der Waals surface area contributed by atoms with E-state index in [1.165, 1.54) is 12.1 Å². The quantitative estimate of drug-likeness (QED) is 0.125. The van der Waals surface area contributed by atoms with Crippen molar-refractivity contribution in [3.05, 3.63) is 23.8 Å². The van der Waals surface area contributed by atoms with Crippen molar-refractivity contribution in [2.24, 2.45) is 11.7 Å². The van der Waals surface area contributed by atoms with Crippen LogP contribution in [0.2, 0.25) is 0 Å². The molecular weight excluding hydrogens is 550 g/mol. The molecule has 0 aliphatic carbocycles. The Morgan fingerprint density at radius 2 is 1.29 bits per heavy atom. The van der Waals surface area contributed by atoms with Gasteiger partial charge in [-0.15, -0.1) is 0 Å². The van der Waals surface area contributed by atoms with Crippen LogP contribution in [0.15, 0.2) is 18.2 Å². The lowest BCUT2D eigenvalue weighted by molar-refractivity contribution is -0.152. The Morgan fingerprint density at radius 3 is 1.83 bits per heavy atom. The summed E-state index contributed by atoms with van der Waals surface area (Å²) >= 11 is 0. The Bertz CT molecular complexity index is 997. The van der Waals surface area contributed by atoms with Crippen molar-refractivity contribution in [3.8, 4) is 11.5 Å². The second-order valence-corrected chi connectivity index (χ2v) is 10.6. The van der Waals surface area contributed by atoms with E-state index in [0.717, 1.165) is 12.8 Å². The average molecular weight is 598 g/mol. The Labute approximate surface area is 248 Å². The summed E-state index contributed by atoms with van der Waals surface area (Å²) in [6.07, 6.45) is -0.673. The lowest BCUT2D eigenvalue weighted by Gasteiger charge is -2.18. The minimum Gasteiger partial charge on any atom is -0.458 e. The third-order valence-corrected chi connectivity index (χ3v) is 5.81. The normalized spacial score (nSPS) is 13.7. The molecule has 12 nitrogen and oxygen atoms in total. The van der Waals surface area contributed by atoms with Crippen LogP contribution in [0.4, 0.5) is 14.4 Å².